The molecule has 5 nitrogen and oxygen atoms in total. The maximum Gasteiger partial charge on any atom is 0.338 e. The number of hydroxylamine groups is 2. The van der Waals surface area contributed by atoms with Crippen LogP contribution in [0.5, 0.6) is 0 Å². The second-order valence-corrected chi connectivity index (χ2v) is 5.30. The van der Waals surface area contributed by atoms with E-state index in [1.54, 1.807) is 12.3 Å². The second-order valence-electron chi connectivity index (χ2n) is 5.30. The Balaban J connectivity index is 2.48. The van der Waals surface area contributed by atoms with E-state index in [0.29, 0.717) is 10.8 Å². The van der Waals surface area contributed by atoms with Crippen LogP contribution < -0.4 is 5.73 Å². The highest BCUT2D eigenvalue weighted by molar-refractivity contribution is 5.70. The minimum absolute atomic E-state index is 0.0492. The van der Waals surface area contributed by atoms with E-state index in [9.17, 15) is 10.0 Å². The van der Waals surface area contributed by atoms with Gasteiger partial charge in [0.1, 0.15) is 5.76 Å². The van der Waals surface area contributed by atoms with Gasteiger partial charge in [0.05, 0.1) is 18.7 Å². The highest BCUT2D eigenvalue weighted by Crippen LogP contribution is 2.31. The number of hydrogen-bond donors (Lipinski definition) is 2. The van der Waals surface area contributed by atoms with Gasteiger partial charge in [-0.2, -0.15) is 0 Å². The summed E-state index contributed by atoms with van der Waals surface area (Å²) in [6.45, 7) is 6.11. The molecule has 1 unspecified atom stereocenters. The molecule has 0 saturated heterocycles. The van der Waals surface area contributed by atoms with E-state index >= 15 is 0 Å². The third kappa shape index (κ3) is 3.25. The Bertz CT molecular complexity index is 612. The molecule has 3 N–H and O–H groups in total. The van der Waals surface area contributed by atoms with Gasteiger partial charge in [-0.25, -0.2) is 9.86 Å². The topological polar surface area (TPSA) is 79.7 Å². The molecule has 0 spiro atoms. The van der Waals surface area contributed by atoms with E-state index in [-0.39, 0.29) is 12.5 Å². The Morgan fingerprint density at radius 2 is 1.95 bits per heavy atom. The van der Waals surface area contributed by atoms with E-state index in [1.807, 2.05) is 26.8 Å². The molecule has 1 aromatic carbocycles. The number of urea groups is 1. The van der Waals surface area contributed by atoms with Crippen LogP contribution in [0, 0.1) is 20.8 Å². The summed E-state index contributed by atoms with van der Waals surface area (Å²) in [6, 6.07) is 6.88. The lowest BCUT2D eigenvalue weighted by Crippen LogP contribution is -2.36. The highest BCUT2D eigenvalue weighted by Gasteiger charge is 2.24. The van der Waals surface area contributed by atoms with E-state index < -0.39 is 6.03 Å². The van der Waals surface area contributed by atoms with Crippen molar-refractivity contribution >= 4 is 6.03 Å². The molecule has 0 bridgehead atoms. The van der Waals surface area contributed by atoms with Gasteiger partial charge >= 0.3 is 6.03 Å². The zero-order chi connectivity index (χ0) is 15.6. The number of amides is 2. The molecule has 2 aromatic rings. The summed E-state index contributed by atoms with van der Waals surface area (Å²) >= 11 is 0. The lowest BCUT2D eigenvalue weighted by atomic mass is 9.87. The molecule has 0 aliphatic rings. The fourth-order valence-corrected chi connectivity index (χ4v) is 2.82. The minimum Gasteiger partial charge on any atom is -0.469 e. The van der Waals surface area contributed by atoms with Crippen LogP contribution in [0.25, 0.3) is 0 Å². The van der Waals surface area contributed by atoms with E-state index in [4.69, 9.17) is 10.2 Å². The maximum atomic E-state index is 11.1. The van der Waals surface area contributed by atoms with Crippen molar-refractivity contribution in [2.24, 2.45) is 5.73 Å². The SMILES string of the molecule is Cc1cc(C)c(C(CN(O)C(N)=O)c2ccco2)c(C)c1. The Hall–Kier alpha value is -2.27. The quantitative estimate of drug-likeness (QED) is 0.670. The summed E-state index contributed by atoms with van der Waals surface area (Å²) in [4.78, 5) is 11.1. The number of hydrogen-bond acceptors (Lipinski definition) is 3. The number of rotatable bonds is 4. The van der Waals surface area contributed by atoms with Gasteiger partial charge in [0.25, 0.3) is 0 Å². The van der Waals surface area contributed by atoms with Crippen molar-refractivity contribution in [3.63, 3.8) is 0 Å². The Kier molecular flexibility index (Phi) is 4.33. The van der Waals surface area contributed by atoms with Crippen LogP contribution in [0.3, 0.4) is 0 Å². The summed E-state index contributed by atoms with van der Waals surface area (Å²) in [5, 5.41) is 10.2. The molecule has 112 valence electrons. The van der Waals surface area contributed by atoms with Crippen molar-refractivity contribution in [2.75, 3.05) is 6.54 Å². The average Bonchev–Trinajstić information content (AvgIpc) is 2.89. The molecule has 0 aliphatic heterocycles. The van der Waals surface area contributed by atoms with Gasteiger partial charge in [0.15, 0.2) is 0 Å². The van der Waals surface area contributed by atoms with Gasteiger partial charge in [-0.15, -0.1) is 0 Å². The predicted molar refractivity (Wildman–Crippen MR) is 79.3 cm³/mol. The van der Waals surface area contributed by atoms with Crippen molar-refractivity contribution in [3.8, 4) is 0 Å². The number of carbonyl (C=O) groups is 1. The average molecular weight is 288 g/mol. The van der Waals surface area contributed by atoms with Gasteiger partial charge < -0.3 is 10.2 Å². The lowest BCUT2D eigenvalue weighted by Gasteiger charge is -2.23. The van der Waals surface area contributed by atoms with Gasteiger partial charge in [0, 0.05) is 0 Å². The third-order valence-electron chi connectivity index (χ3n) is 3.58. The van der Waals surface area contributed by atoms with Crippen LogP contribution in [0.15, 0.2) is 34.9 Å². The molecular formula is C16H20N2O3. The van der Waals surface area contributed by atoms with E-state index in [2.05, 4.69) is 12.1 Å². The molecule has 1 heterocycles. The van der Waals surface area contributed by atoms with Crippen molar-refractivity contribution in [2.45, 2.75) is 26.7 Å². The van der Waals surface area contributed by atoms with Gasteiger partial charge in [-0.3, -0.25) is 5.21 Å². The van der Waals surface area contributed by atoms with Crippen LogP contribution in [-0.2, 0) is 0 Å². The summed E-state index contributed by atoms with van der Waals surface area (Å²) in [7, 11) is 0. The van der Waals surface area contributed by atoms with Crippen LogP contribution in [0.2, 0.25) is 0 Å². The molecule has 0 radical (unpaired) electrons. The normalized spacial score (nSPS) is 12.2. The summed E-state index contributed by atoms with van der Waals surface area (Å²) in [6.07, 6.45) is 1.58. The predicted octanol–water partition coefficient (Wildman–Crippen LogP) is 3.11. The number of nitrogens with zero attached hydrogens (tertiary/aromatic N) is 1. The van der Waals surface area contributed by atoms with Gasteiger partial charge in [-0.05, 0) is 49.6 Å². The monoisotopic (exact) mass is 288 g/mol. The first-order valence-electron chi connectivity index (χ1n) is 6.77. The Labute approximate surface area is 123 Å². The number of primary amides is 1. The Morgan fingerprint density at radius 1 is 1.33 bits per heavy atom. The fraction of sp³-hybridized carbons (Fsp3) is 0.312. The first kappa shape index (κ1) is 15.1. The standard InChI is InChI=1S/C16H20N2O3/c1-10-7-11(2)15(12(3)8-10)13(9-18(20)16(17)19)14-5-4-6-21-14/h4-8,13,20H,9H2,1-3H3,(H2,17,19). The summed E-state index contributed by atoms with van der Waals surface area (Å²) < 4.78 is 5.48. The zero-order valence-corrected chi connectivity index (χ0v) is 12.5. The van der Waals surface area contributed by atoms with Crippen LogP contribution in [-0.4, -0.2) is 22.8 Å². The van der Waals surface area contributed by atoms with E-state index in [1.165, 1.54) is 5.56 Å². The molecular weight excluding hydrogens is 268 g/mol. The number of nitrogens with two attached hydrogens (primary N) is 1. The van der Waals surface area contributed by atoms with Crippen LogP contribution in [0.4, 0.5) is 4.79 Å². The molecule has 5 heteroatoms. The van der Waals surface area contributed by atoms with Crippen molar-refractivity contribution in [1.29, 1.82) is 0 Å². The molecule has 1 aromatic heterocycles. The number of aryl methyl sites for hydroxylation is 3. The number of carbonyl (C=O) groups excluding carboxylic acids is 1. The zero-order valence-electron chi connectivity index (χ0n) is 12.5. The first-order chi connectivity index (χ1) is 9.90. The van der Waals surface area contributed by atoms with Crippen molar-refractivity contribution in [3.05, 3.63) is 58.5 Å². The lowest BCUT2D eigenvalue weighted by molar-refractivity contribution is -0.0425. The van der Waals surface area contributed by atoms with Crippen molar-refractivity contribution in [1.82, 2.24) is 5.06 Å². The largest absolute Gasteiger partial charge is 0.469 e. The molecule has 0 saturated carbocycles. The van der Waals surface area contributed by atoms with E-state index in [0.717, 1.165) is 16.7 Å². The van der Waals surface area contributed by atoms with Crippen LogP contribution >= 0.6 is 0 Å². The number of furan rings is 1. The number of benzene rings is 1. The highest BCUT2D eigenvalue weighted by atomic mass is 16.5. The molecule has 21 heavy (non-hydrogen) atoms. The maximum absolute atomic E-state index is 11.1. The molecule has 0 fully saturated rings. The second kappa shape index (κ2) is 6.01. The Morgan fingerprint density at radius 3 is 2.43 bits per heavy atom. The molecule has 0 aliphatic carbocycles. The van der Waals surface area contributed by atoms with Crippen molar-refractivity contribution < 1.29 is 14.4 Å². The summed E-state index contributed by atoms with van der Waals surface area (Å²) in [5.74, 6) is 0.420. The fourth-order valence-electron chi connectivity index (χ4n) is 2.82. The van der Waals surface area contributed by atoms with Crippen LogP contribution in [0.1, 0.15) is 33.9 Å². The first-order valence-corrected chi connectivity index (χ1v) is 6.77. The smallest absolute Gasteiger partial charge is 0.338 e. The summed E-state index contributed by atoms with van der Waals surface area (Å²) in [5.41, 5.74) is 9.51. The third-order valence-corrected chi connectivity index (χ3v) is 3.58. The molecule has 1 atom stereocenters. The van der Waals surface area contributed by atoms with Gasteiger partial charge in [0.2, 0.25) is 0 Å². The van der Waals surface area contributed by atoms with Gasteiger partial charge in [-0.1, -0.05) is 17.7 Å². The molecule has 2 rings (SSSR count). The minimum atomic E-state index is -0.881. The molecule has 2 amide bonds.